The first-order valence-corrected chi connectivity index (χ1v) is 14.4. The van der Waals surface area contributed by atoms with Gasteiger partial charge in [-0.1, -0.05) is 53.9 Å². The van der Waals surface area contributed by atoms with Gasteiger partial charge in [-0.3, -0.25) is 19.1 Å². The maximum atomic E-state index is 13.7. The molecule has 1 amide bonds. The van der Waals surface area contributed by atoms with E-state index >= 15 is 0 Å². The molecule has 1 N–H and O–H groups in total. The lowest BCUT2D eigenvalue weighted by Crippen LogP contribution is -2.27. The van der Waals surface area contributed by atoms with Crippen LogP contribution in [-0.4, -0.2) is 35.4 Å². The van der Waals surface area contributed by atoms with Crippen molar-refractivity contribution in [3.63, 3.8) is 0 Å². The van der Waals surface area contributed by atoms with Crippen LogP contribution in [0.15, 0.2) is 78.1 Å². The number of aryl methyl sites for hydroxylation is 1. The van der Waals surface area contributed by atoms with E-state index < -0.39 is 0 Å². The second-order valence-corrected chi connectivity index (χ2v) is 11.3. The number of anilines is 1. The van der Waals surface area contributed by atoms with Gasteiger partial charge in [0.25, 0.3) is 5.56 Å². The Morgan fingerprint density at radius 1 is 0.952 bits per heavy atom. The largest absolute Gasteiger partial charge is 0.325 e. The molecule has 0 saturated heterocycles. The van der Waals surface area contributed by atoms with E-state index in [9.17, 15) is 9.59 Å². The van der Waals surface area contributed by atoms with Crippen molar-refractivity contribution in [3.8, 4) is 28.1 Å². The summed E-state index contributed by atoms with van der Waals surface area (Å²) in [5.41, 5.74) is 5.79. The van der Waals surface area contributed by atoms with Crippen molar-refractivity contribution in [2.45, 2.75) is 39.2 Å². The quantitative estimate of drug-likeness (QED) is 0.253. The minimum absolute atomic E-state index is 0.0255. The van der Waals surface area contributed by atoms with Crippen LogP contribution in [0.3, 0.4) is 0 Å². The zero-order valence-electron chi connectivity index (χ0n) is 23.0. The van der Waals surface area contributed by atoms with Crippen molar-refractivity contribution >= 4 is 34.8 Å². The molecule has 0 unspecified atom stereocenters. The molecule has 1 aliphatic rings. The lowest BCUT2D eigenvalue weighted by Gasteiger charge is -2.23. The van der Waals surface area contributed by atoms with Crippen LogP contribution in [0.5, 0.6) is 0 Å². The van der Waals surface area contributed by atoms with Gasteiger partial charge in [0.1, 0.15) is 0 Å². The number of benzene rings is 2. The van der Waals surface area contributed by atoms with Gasteiger partial charge in [-0.2, -0.15) is 0 Å². The van der Waals surface area contributed by atoms with Gasteiger partial charge in [0.05, 0.1) is 35.6 Å². The summed E-state index contributed by atoms with van der Waals surface area (Å²) in [6.07, 6.45) is 6.84. The number of halogens is 2. The van der Waals surface area contributed by atoms with E-state index in [1.807, 2.05) is 44.2 Å². The maximum Gasteiger partial charge on any atom is 0.254 e. The predicted octanol–water partition coefficient (Wildman–Crippen LogP) is 6.52. The van der Waals surface area contributed by atoms with Crippen LogP contribution >= 0.6 is 23.2 Å². The number of nitrogens with zero attached hydrogens (tertiary/aromatic N) is 6. The fraction of sp³-hybridized carbons (Fsp3) is 0.226. The molecular weight excluding hydrogens is 573 g/mol. The highest BCUT2D eigenvalue weighted by atomic mass is 35.5. The summed E-state index contributed by atoms with van der Waals surface area (Å²) in [5.74, 6) is -0.226. The number of carbonyl (C=O) groups is 1. The Labute approximate surface area is 252 Å². The van der Waals surface area contributed by atoms with Crippen LogP contribution in [0.25, 0.3) is 28.1 Å². The highest BCUT2D eigenvalue weighted by Gasteiger charge is 2.23. The van der Waals surface area contributed by atoms with E-state index in [0.717, 1.165) is 28.1 Å². The van der Waals surface area contributed by atoms with Gasteiger partial charge in [0.2, 0.25) is 5.91 Å². The predicted molar refractivity (Wildman–Crippen MR) is 163 cm³/mol. The molecule has 0 aliphatic carbocycles. The smallest absolute Gasteiger partial charge is 0.254 e. The summed E-state index contributed by atoms with van der Waals surface area (Å²) in [6.45, 7) is 3.92. The standard InChI is InChI=1S/C31H27Cl2N7O2/c1-18-6-8-22-20-10-11-34-26(13-20)28(5-3-4-19(2)31(42)36-25(22)12-18)39-17-35-24(15-30(39)41)23-14-21(32)7-9-27(23)40-16-29(33)37-38-40/h6-17,19,28H,3-5H2,1-2H3,(H,36,42)/t19-,28+/m1/s1. The van der Waals surface area contributed by atoms with Gasteiger partial charge in [-0.15, -0.1) is 5.10 Å². The Balaban J connectivity index is 1.44. The molecule has 0 spiro atoms. The molecule has 6 rings (SSSR count). The zero-order chi connectivity index (χ0) is 29.4. The molecule has 212 valence electrons. The van der Waals surface area contributed by atoms with Crippen LogP contribution in [0.1, 0.15) is 43.5 Å². The van der Waals surface area contributed by atoms with Crippen molar-refractivity contribution in [2.24, 2.45) is 5.92 Å². The van der Waals surface area contributed by atoms with E-state index in [-0.39, 0.29) is 28.6 Å². The van der Waals surface area contributed by atoms with Crippen LogP contribution in [0.4, 0.5) is 5.69 Å². The first-order chi connectivity index (χ1) is 20.3. The SMILES string of the molecule is Cc1ccc2c(c1)NC(=O)[C@H](C)CCC[C@H](n1cnc(-c3cc(Cl)ccc3-n3cc(Cl)nn3)cc1=O)c1cc-2ccn1. The average Bonchev–Trinajstić information content (AvgIpc) is 3.41. The Morgan fingerprint density at radius 3 is 2.60 bits per heavy atom. The van der Waals surface area contributed by atoms with Gasteiger partial charge in [0, 0.05) is 40.0 Å². The molecule has 9 nitrogen and oxygen atoms in total. The third-order valence-electron chi connectivity index (χ3n) is 7.55. The van der Waals surface area contributed by atoms with Crippen molar-refractivity contribution in [1.29, 1.82) is 0 Å². The third kappa shape index (κ3) is 5.57. The van der Waals surface area contributed by atoms with Gasteiger partial charge >= 0.3 is 0 Å². The second-order valence-electron chi connectivity index (χ2n) is 10.5. The molecule has 4 heterocycles. The summed E-state index contributed by atoms with van der Waals surface area (Å²) in [4.78, 5) is 36.1. The minimum Gasteiger partial charge on any atom is -0.325 e. The molecule has 2 aromatic carbocycles. The van der Waals surface area contributed by atoms with Crippen LogP contribution < -0.4 is 10.9 Å². The number of hydrogen-bond donors (Lipinski definition) is 1. The molecule has 3 aromatic heterocycles. The molecule has 2 bridgehead atoms. The Kier molecular flexibility index (Phi) is 7.62. The summed E-state index contributed by atoms with van der Waals surface area (Å²) in [5, 5.41) is 11.8. The normalized spacial score (nSPS) is 17.1. The number of amides is 1. The first-order valence-electron chi connectivity index (χ1n) is 13.6. The fourth-order valence-electron chi connectivity index (χ4n) is 5.31. The molecule has 0 fully saturated rings. The number of aromatic nitrogens is 6. The molecule has 0 radical (unpaired) electrons. The fourth-order valence-corrected chi connectivity index (χ4v) is 5.61. The lowest BCUT2D eigenvalue weighted by atomic mass is 9.95. The maximum absolute atomic E-state index is 13.7. The monoisotopic (exact) mass is 599 g/mol. The molecule has 1 aliphatic heterocycles. The van der Waals surface area contributed by atoms with Crippen molar-refractivity contribution in [2.75, 3.05) is 5.32 Å². The summed E-state index contributed by atoms with van der Waals surface area (Å²) >= 11 is 12.3. The molecule has 11 heteroatoms. The van der Waals surface area contributed by atoms with Gasteiger partial charge in [-0.05, 0) is 67.3 Å². The topological polar surface area (TPSA) is 108 Å². The Morgan fingerprint density at radius 2 is 1.81 bits per heavy atom. The third-order valence-corrected chi connectivity index (χ3v) is 7.96. The number of fused-ring (bicyclic) bond motifs is 4. The Hall–Kier alpha value is -4.34. The minimum atomic E-state index is -0.379. The number of carbonyl (C=O) groups excluding carboxylic acids is 1. The molecule has 0 saturated carbocycles. The van der Waals surface area contributed by atoms with E-state index in [4.69, 9.17) is 23.2 Å². The van der Waals surface area contributed by atoms with Crippen molar-refractivity contribution < 1.29 is 4.79 Å². The summed E-state index contributed by atoms with van der Waals surface area (Å²) in [6, 6.07) is 16.2. The number of hydrogen-bond acceptors (Lipinski definition) is 6. The van der Waals surface area contributed by atoms with E-state index in [2.05, 4.69) is 25.6 Å². The Bertz CT molecular complexity index is 1870. The van der Waals surface area contributed by atoms with Crippen LogP contribution in [-0.2, 0) is 4.79 Å². The molecule has 2 atom stereocenters. The van der Waals surface area contributed by atoms with Crippen LogP contribution in [0.2, 0.25) is 10.2 Å². The van der Waals surface area contributed by atoms with Gasteiger partial charge in [0.15, 0.2) is 5.15 Å². The van der Waals surface area contributed by atoms with Crippen molar-refractivity contribution in [3.05, 3.63) is 105 Å². The molecular formula is C31H27Cl2N7O2. The summed E-state index contributed by atoms with van der Waals surface area (Å²) in [7, 11) is 0. The van der Waals surface area contributed by atoms with E-state index in [1.54, 1.807) is 41.5 Å². The van der Waals surface area contributed by atoms with Gasteiger partial charge < -0.3 is 5.32 Å². The summed E-state index contributed by atoms with van der Waals surface area (Å²) < 4.78 is 3.12. The van der Waals surface area contributed by atoms with Crippen molar-refractivity contribution in [1.82, 2.24) is 29.5 Å². The highest BCUT2D eigenvalue weighted by Crippen LogP contribution is 2.34. The molecule has 5 aromatic rings. The number of pyridine rings is 1. The average molecular weight is 601 g/mol. The number of rotatable bonds is 3. The van der Waals surface area contributed by atoms with Crippen LogP contribution in [0, 0.1) is 12.8 Å². The van der Waals surface area contributed by atoms with E-state index in [0.29, 0.717) is 41.2 Å². The first kappa shape index (κ1) is 27.8. The lowest BCUT2D eigenvalue weighted by molar-refractivity contribution is -0.119. The van der Waals surface area contributed by atoms with E-state index in [1.165, 1.54) is 10.7 Å². The van der Waals surface area contributed by atoms with Gasteiger partial charge in [-0.25, -0.2) is 9.67 Å². The highest BCUT2D eigenvalue weighted by molar-refractivity contribution is 6.31. The number of nitrogens with one attached hydrogen (secondary N) is 1. The zero-order valence-corrected chi connectivity index (χ0v) is 24.5. The molecule has 42 heavy (non-hydrogen) atoms. The second kappa shape index (κ2) is 11.5.